The average molecular weight is 347 g/mol. The van der Waals surface area contributed by atoms with Gasteiger partial charge in [0, 0.05) is 43.3 Å². The van der Waals surface area contributed by atoms with Crippen LogP contribution in [-0.4, -0.2) is 59.0 Å². The monoisotopic (exact) mass is 347 g/mol. The van der Waals surface area contributed by atoms with Crippen molar-refractivity contribution in [3.05, 3.63) is 27.8 Å². The number of thiazole rings is 1. The number of carbonyl (C=O) groups is 1. The lowest BCUT2D eigenvalue weighted by atomic mass is 10.2. The van der Waals surface area contributed by atoms with Crippen LogP contribution < -0.4 is 9.64 Å². The van der Waals surface area contributed by atoms with Gasteiger partial charge in [-0.05, 0) is 13.8 Å². The Kier molecular flexibility index (Phi) is 4.94. The highest BCUT2D eigenvalue weighted by Crippen LogP contribution is 2.17. The van der Waals surface area contributed by atoms with Gasteiger partial charge in [-0.3, -0.25) is 4.79 Å². The highest BCUT2D eigenvalue weighted by atomic mass is 32.1. The molecule has 0 aliphatic carbocycles. The van der Waals surface area contributed by atoms with Gasteiger partial charge in [0.05, 0.1) is 24.2 Å². The molecule has 1 aliphatic heterocycles. The molecule has 0 spiro atoms. The summed E-state index contributed by atoms with van der Waals surface area (Å²) < 4.78 is 5.21. The van der Waals surface area contributed by atoms with E-state index in [1.807, 2.05) is 24.1 Å². The zero-order chi connectivity index (χ0) is 17.1. The number of anilines is 1. The van der Waals surface area contributed by atoms with Gasteiger partial charge in [0.25, 0.3) is 0 Å². The number of methoxy groups -OCH3 is 1. The molecule has 2 aromatic heterocycles. The number of hydrogen-bond donors (Lipinski definition) is 0. The van der Waals surface area contributed by atoms with E-state index in [1.54, 1.807) is 24.5 Å². The molecule has 2 aromatic rings. The Morgan fingerprint density at radius 2 is 1.96 bits per heavy atom. The fourth-order valence-electron chi connectivity index (χ4n) is 2.68. The molecule has 0 radical (unpaired) electrons. The first-order valence-corrected chi connectivity index (χ1v) is 8.76. The van der Waals surface area contributed by atoms with Gasteiger partial charge in [-0.25, -0.2) is 9.97 Å². The van der Waals surface area contributed by atoms with Crippen molar-refractivity contribution in [1.29, 1.82) is 0 Å². The molecule has 0 atom stereocenters. The molecule has 1 amide bonds. The van der Waals surface area contributed by atoms with E-state index in [4.69, 9.17) is 4.74 Å². The van der Waals surface area contributed by atoms with Crippen molar-refractivity contribution in [3.63, 3.8) is 0 Å². The van der Waals surface area contributed by atoms with E-state index in [2.05, 4.69) is 19.9 Å². The summed E-state index contributed by atoms with van der Waals surface area (Å²) in [5.41, 5.74) is 1.73. The smallest absolute Gasteiger partial charge is 0.228 e. The average Bonchev–Trinajstić information content (AvgIpc) is 2.99. The lowest BCUT2D eigenvalue weighted by Crippen LogP contribution is -2.49. The number of aryl methyl sites for hydroxylation is 2. The number of hydrogen-bond acceptors (Lipinski definition) is 7. The van der Waals surface area contributed by atoms with E-state index in [0.29, 0.717) is 44.4 Å². The predicted octanol–water partition coefficient (Wildman–Crippen LogP) is 1.45. The van der Waals surface area contributed by atoms with Crippen molar-refractivity contribution in [2.24, 2.45) is 0 Å². The minimum absolute atomic E-state index is 0.127. The molecule has 0 aromatic carbocycles. The Hall–Kier alpha value is -2.22. The maximum absolute atomic E-state index is 12.4. The highest BCUT2D eigenvalue weighted by molar-refractivity contribution is 7.09. The number of ether oxygens (including phenoxy) is 1. The first-order valence-electron chi connectivity index (χ1n) is 7.88. The Balaban J connectivity index is 1.59. The molecular formula is C16H21N5O2S. The van der Waals surface area contributed by atoms with Crippen molar-refractivity contribution < 1.29 is 9.53 Å². The van der Waals surface area contributed by atoms with E-state index in [0.717, 1.165) is 16.4 Å². The van der Waals surface area contributed by atoms with Gasteiger partial charge in [-0.1, -0.05) is 0 Å². The minimum Gasteiger partial charge on any atom is -0.481 e. The van der Waals surface area contributed by atoms with Crippen LogP contribution in [0.1, 0.15) is 16.4 Å². The summed E-state index contributed by atoms with van der Waals surface area (Å²) >= 11 is 1.58. The standard InChI is InChI=1S/C16H21N5O2S/c1-11-8-14(23-3)19-16(17-11)21-6-4-20(5-7-21)15(22)9-13-10-24-12(2)18-13/h8,10H,4-7,9H2,1-3H3. The van der Waals surface area contributed by atoms with Crippen LogP contribution in [0.25, 0.3) is 0 Å². The van der Waals surface area contributed by atoms with E-state index in [9.17, 15) is 4.79 Å². The van der Waals surface area contributed by atoms with Gasteiger partial charge < -0.3 is 14.5 Å². The molecule has 0 N–H and O–H groups in total. The van der Waals surface area contributed by atoms with Crippen LogP contribution in [0.5, 0.6) is 5.88 Å². The number of aromatic nitrogens is 3. The third-order valence-corrected chi connectivity index (χ3v) is 4.76. The third-order valence-electron chi connectivity index (χ3n) is 3.94. The molecule has 1 aliphatic rings. The number of nitrogens with zero attached hydrogens (tertiary/aromatic N) is 5. The van der Waals surface area contributed by atoms with Crippen molar-refractivity contribution >= 4 is 23.2 Å². The third kappa shape index (κ3) is 3.81. The van der Waals surface area contributed by atoms with E-state index < -0.39 is 0 Å². The fourth-order valence-corrected chi connectivity index (χ4v) is 3.30. The molecule has 0 bridgehead atoms. The molecule has 3 heterocycles. The van der Waals surface area contributed by atoms with Crippen molar-refractivity contribution in [1.82, 2.24) is 19.9 Å². The molecule has 1 saturated heterocycles. The zero-order valence-corrected chi connectivity index (χ0v) is 15.0. The van der Waals surface area contributed by atoms with E-state index in [-0.39, 0.29) is 5.91 Å². The molecule has 8 heteroatoms. The minimum atomic E-state index is 0.127. The van der Waals surface area contributed by atoms with Crippen molar-refractivity contribution in [2.75, 3.05) is 38.2 Å². The first-order chi connectivity index (χ1) is 11.5. The second-order valence-corrected chi connectivity index (χ2v) is 6.82. The SMILES string of the molecule is COc1cc(C)nc(N2CCN(C(=O)Cc3csc(C)n3)CC2)n1. The second-order valence-electron chi connectivity index (χ2n) is 5.75. The summed E-state index contributed by atoms with van der Waals surface area (Å²) in [5.74, 6) is 1.35. The summed E-state index contributed by atoms with van der Waals surface area (Å²) in [7, 11) is 1.60. The summed E-state index contributed by atoms with van der Waals surface area (Å²) in [6, 6.07) is 1.80. The summed E-state index contributed by atoms with van der Waals surface area (Å²) in [5, 5.41) is 2.95. The van der Waals surface area contributed by atoms with Gasteiger partial charge in [0.1, 0.15) is 0 Å². The molecule has 7 nitrogen and oxygen atoms in total. The summed E-state index contributed by atoms with van der Waals surface area (Å²) in [6.07, 6.45) is 0.374. The molecule has 24 heavy (non-hydrogen) atoms. The fraction of sp³-hybridized carbons (Fsp3) is 0.500. The molecule has 3 rings (SSSR count). The van der Waals surface area contributed by atoms with Crippen LogP contribution in [0.15, 0.2) is 11.4 Å². The second kappa shape index (κ2) is 7.12. The van der Waals surface area contributed by atoms with Crippen LogP contribution in [0, 0.1) is 13.8 Å². The maximum atomic E-state index is 12.4. The van der Waals surface area contributed by atoms with Gasteiger partial charge in [0.15, 0.2) is 0 Å². The van der Waals surface area contributed by atoms with Crippen LogP contribution in [-0.2, 0) is 11.2 Å². The van der Waals surface area contributed by atoms with Crippen LogP contribution >= 0.6 is 11.3 Å². The number of carbonyl (C=O) groups excluding carboxylic acids is 1. The Labute approximate surface area is 145 Å². The quantitative estimate of drug-likeness (QED) is 0.834. The number of amides is 1. The van der Waals surface area contributed by atoms with Gasteiger partial charge >= 0.3 is 0 Å². The Morgan fingerprint density at radius 1 is 1.21 bits per heavy atom. The Bertz CT molecular complexity index is 725. The number of rotatable bonds is 4. The van der Waals surface area contributed by atoms with Crippen LogP contribution in [0.2, 0.25) is 0 Å². The zero-order valence-electron chi connectivity index (χ0n) is 14.2. The van der Waals surface area contributed by atoms with Crippen LogP contribution in [0.4, 0.5) is 5.95 Å². The molecule has 0 unspecified atom stereocenters. The summed E-state index contributed by atoms with van der Waals surface area (Å²) in [6.45, 7) is 6.64. The predicted molar refractivity (Wildman–Crippen MR) is 92.7 cm³/mol. The lowest BCUT2D eigenvalue weighted by Gasteiger charge is -2.34. The topological polar surface area (TPSA) is 71.5 Å². The lowest BCUT2D eigenvalue weighted by molar-refractivity contribution is -0.130. The van der Waals surface area contributed by atoms with Crippen LogP contribution in [0.3, 0.4) is 0 Å². The van der Waals surface area contributed by atoms with Gasteiger partial charge in [0.2, 0.25) is 17.7 Å². The molecule has 128 valence electrons. The Morgan fingerprint density at radius 3 is 2.58 bits per heavy atom. The molecular weight excluding hydrogens is 326 g/mol. The van der Waals surface area contributed by atoms with Gasteiger partial charge in [-0.15, -0.1) is 11.3 Å². The molecule has 0 saturated carbocycles. The first kappa shape index (κ1) is 16.6. The normalized spacial score (nSPS) is 14.8. The number of piperazine rings is 1. The van der Waals surface area contributed by atoms with E-state index in [1.165, 1.54) is 0 Å². The summed E-state index contributed by atoms with van der Waals surface area (Å²) in [4.78, 5) is 29.6. The van der Waals surface area contributed by atoms with Crippen molar-refractivity contribution in [2.45, 2.75) is 20.3 Å². The van der Waals surface area contributed by atoms with Gasteiger partial charge in [-0.2, -0.15) is 4.98 Å². The maximum Gasteiger partial charge on any atom is 0.228 e. The largest absolute Gasteiger partial charge is 0.481 e. The molecule has 1 fully saturated rings. The van der Waals surface area contributed by atoms with E-state index >= 15 is 0 Å². The highest BCUT2D eigenvalue weighted by Gasteiger charge is 2.23. The van der Waals surface area contributed by atoms with Crippen molar-refractivity contribution in [3.8, 4) is 5.88 Å².